The van der Waals surface area contributed by atoms with Crippen molar-refractivity contribution in [3.63, 3.8) is 0 Å². The maximum Gasteiger partial charge on any atom is 0.0718 e. The fourth-order valence-electron chi connectivity index (χ4n) is 2.42. The molecule has 0 saturated carbocycles. The van der Waals surface area contributed by atoms with Gasteiger partial charge in [0, 0.05) is 24.7 Å². The standard InChI is InChI=1S/C14H30N2O/c1-13(2,3)15-10-12-8-6-7-9-16(12)11-14(4,5)17/h12,15,17H,6-11H2,1-5H3. The minimum absolute atomic E-state index is 0.178. The highest BCUT2D eigenvalue weighted by Gasteiger charge is 2.27. The topological polar surface area (TPSA) is 35.5 Å². The maximum atomic E-state index is 9.95. The third kappa shape index (κ3) is 6.39. The number of rotatable bonds is 4. The average molecular weight is 242 g/mol. The van der Waals surface area contributed by atoms with E-state index in [4.69, 9.17) is 0 Å². The van der Waals surface area contributed by atoms with E-state index in [0.29, 0.717) is 6.04 Å². The Morgan fingerprint density at radius 3 is 2.35 bits per heavy atom. The smallest absolute Gasteiger partial charge is 0.0718 e. The van der Waals surface area contributed by atoms with Crippen LogP contribution in [0.4, 0.5) is 0 Å². The molecule has 102 valence electrons. The lowest BCUT2D eigenvalue weighted by Gasteiger charge is -2.40. The highest BCUT2D eigenvalue weighted by Crippen LogP contribution is 2.19. The van der Waals surface area contributed by atoms with Gasteiger partial charge in [-0.2, -0.15) is 0 Å². The van der Waals surface area contributed by atoms with Gasteiger partial charge in [0.1, 0.15) is 0 Å². The van der Waals surface area contributed by atoms with Gasteiger partial charge in [0.2, 0.25) is 0 Å². The van der Waals surface area contributed by atoms with Gasteiger partial charge < -0.3 is 10.4 Å². The van der Waals surface area contributed by atoms with Gasteiger partial charge in [-0.15, -0.1) is 0 Å². The molecule has 3 nitrogen and oxygen atoms in total. The first-order valence-corrected chi connectivity index (χ1v) is 6.89. The zero-order chi connectivity index (χ0) is 13.1. The van der Waals surface area contributed by atoms with Crippen LogP contribution in [0.3, 0.4) is 0 Å². The summed E-state index contributed by atoms with van der Waals surface area (Å²) in [5, 5.41) is 13.5. The zero-order valence-electron chi connectivity index (χ0n) is 12.2. The van der Waals surface area contributed by atoms with Gasteiger partial charge in [0.15, 0.2) is 0 Å². The predicted molar refractivity (Wildman–Crippen MR) is 73.3 cm³/mol. The van der Waals surface area contributed by atoms with Gasteiger partial charge in [-0.3, -0.25) is 4.90 Å². The largest absolute Gasteiger partial charge is 0.389 e. The number of aliphatic hydroxyl groups is 1. The molecule has 0 aromatic carbocycles. The van der Waals surface area contributed by atoms with Crippen molar-refractivity contribution in [2.24, 2.45) is 0 Å². The predicted octanol–water partition coefficient (Wildman–Crippen LogP) is 2.00. The van der Waals surface area contributed by atoms with E-state index in [0.717, 1.165) is 19.6 Å². The van der Waals surface area contributed by atoms with Crippen molar-refractivity contribution in [3.8, 4) is 0 Å². The first-order chi connectivity index (χ1) is 7.67. The second-order valence-corrected chi connectivity index (χ2v) is 7.06. The summed E-state index contributed by atoms with van der Waals surface area (Å²) in [4.78, 5) is 2.45. The van der Waals surface area contributed by atoms with Crippen LogP contribution in [0.5, 0.6) is 0 Å². The van der Waals surface area contributed by atoms with Gasteiger partial charge in [-0.25, -0.2) is 0 Å². The van der Waals surface area contributed by atoms with Crippen molar-refractivity contribution in [2.75, 3.05) is 19.6 Å². The number of piperidine rings is 1. The Morgan fingerprint density at radius 1 is 1.18 bits per heavy atom. The number of nitrogens with zero attached hydrogens (tertiary/aromatic N) is 1. The molecule has 1 heterocycles. The van der Waals surface area contributed by atoms with Gasteiger partial charge in [-0.05, 0) is 54.0 Å². The van der Waals surface area contributed by atoms with E-state index < -0.39 is 5.60 Å². The lowest BCUT2D eigenvalue weighted by molar-refractivity contribution is 0.00908. The fraction of sp³-hybridized carbons (Fsp3) is 1.00. The minimum Gasteiger partial charge on any atom is -0.389 e. The van der Waals surface area contributed by atoms with E-state index in [1.165, 1.54) is 19.3 Å². The quantitative estimate of drug-likeness (QED) is 0.791. The maximum absolute atomic E-state index is 9.95. The Balaban J connectivity index is 2.48. The van der Waals surface area contributed by atoms with Crippen molar-refractivity contribution in [2.45, 2.75) is 71.1 Å². The van der Waals surface area contributed by atoms with Crippen LogP contribution in [0.1, 0.15) is 53.9 Å². The molecule has 3 heteroatoms. The number of nitrogens with one attached hydrogen (secondary N) is 1. The van der Waals surface area contributed by atoms with Crippen LogP contribution in [0.15, 0.2) is 0 Å². The Bertz CT molecular complexity index is 227. The van der Waals surface area contributed by atoms with Crippen molar-refractivity contribution in [1.82, 2.24) is 10.2 Å². The summed E-state index contributed by atoms with van der Waals surface area (Å²) < 4.78 is 0. The van der Waals surface area contributed by atoms with Crippen LogP contribution in [-0.2, 0) is 0 Å². The molecule has 1 aliphatic heterocycles. The van der Waals surface area contributed by atoms with Crippen molar-refractivity contribution < 1.29 is 5.11 Å². The van der Waals surface area contributed by atoms with E-state index in [2.05, 4.69) is 31.0 Å². The molecule has 1 aliphatic rings. The first kappa shape index (κ1) is 14.9. The molecule has 2 N–H and O–H groups in total. The summed E-state index contributed by atoms with van der Waals surface area (Å²) in [5.74, 6) is 0. The van der Waals surface area contributed by atoms with Gasteiger partial charge in [0.25, 0.3) is 0 Å². The Kier molecular flexibility index (Phi) is 4.99. The van der Waals surface area contributed by atoms with E-state index in [1.54, 1.807) is 0 Å². The Morgan fingerprint density at radius 2 is 1.82 bits per heavy atom. The van der Waals surface area contributed by atoms with Crippen LogP contribution in [0, 0.1) is 0 Å². The highest BCUT2D eigenvalue weighted by molar-refractivity contribution is 4.85. The van der Waals surface area contributed by atoms with Crippen LogP contribution >= 0.6 is 0 Å². The molecule has 0 aliphatic carbocycles. The molecule has 0 bridgehead atoms. The molecular formula is C14H30N2O. The summed E-state index contributed by atoms with van der Waals surface area (Å²) in [6, 6.07) is 0.578. The molecule has 0 amide bonds. The molecule has 1 unspecified atom stereocenters. The molecule has 0 aromatic heterocycles. The van der Waals surface area contributed by atoms with Gasteiger partial charge >= 0.3 is 0 Å². The molecule has 1 fully saturated rings. The summed E-state index contributed by atoms with van der Waals surface area (Å²) in [7, 11) is 0. The molecule has 0 radical (unpaired) electrons. The average Bonchev–Trinajstić information content (AvgIpc) is 2.12. The highest BCUT2D eigenvalue weighted by atomic mass is 16.3. The SMILES string of the molecule is CC(C)(O)CN1CCCCC1CNC(C)(C)C. The van der Waals surface area contributed by atoms with E-state index >= 15 is 0 Å². The Hall–Kier alpha value is -0.120. The molecule has 1 rings (SSSR count). The number of hydrogen-bond acceptors (Lipinski definition) is 3. The van der Waals surface area contributed by atoms with Crippen molar-refractivity contribution in [1.29, 1.82) is 0 Å². The van der Waals surface area contributed by atoms with Crippen LogP contribution in [0.25, 0.3) is 0 Å². The number of β-amino-alcohol motifs (C(OH)–C–C–N with tert-alkyl or cyclic N) is 1. The monoisotopic (exact) mass is 242 g/mol. The summed E-state index contributed by atoms with van der Waals surface area (Å²) in [5.41, 5.74) is -0.408. The second-order valence-electron chi connectivity index (χ2n) is 7.06. The summed E-state index contributed by atoms with van der Waals surface area (Å²) in [6.07, 6.45) is 3.83. The van der Waals surface area contributed by atoms with Crippen molar-refractivity contribution in [3.05, 3.63) is 0 Å². The molecular weight excluding hydrogens is 212 g/mol. The molecule has 0 aromatic rings. The lowest BCUT2D eigenvalue weighted by Crippen LogP contribution is -2.52. The third-order valence-corrected chi connectivity index (χ3v) is 3.21. The van der Waals surface area contributed by atoms with E-state index in [9.17, 15) is 5.11 Å². The molecule has 17 heavy (non-hydrogen) atoms. The Labute approximate surface area is 107 Å². The molecule has 1 saturated heterocycles. The fourth-order valence-corrected chi connectivity index (χ4v) is 2.42. The summed E-state index contributed by atoms with van der Waals surface area (Å²) in [6.45, 7) is 13.3. The van der Waals surface area contributed by atoms with Crippen LogP contribution in [0.2, 0.25) is 0 Å². The number of likely N-dealkylation sites (tertiary alicyclic amines) is 1. The lowest BCUT2D eigenvalue weighted by atomic mass is 9.98. The van der Waals surface area contributed by atoms with Crippen LogP contribution in [-0.4, -0.2) is 46.8 Å². The second kappa shape index (κ2) is 5.68. The van der Waals surface area contributed by atoms with Gasteiger partial charge in [-0.1, -0.05) is 6.42 Å². The van der Waals surface area contributed by atoms with E-state index in [1.807, 2.05) is 13.8 Å². The minimum atomic E-state index is -0.586. The van der Waals surface area contributed by atoms with Gasteiger partial charge in [0.05, 0.1) is 5.60 Å². The third-order valence-electron chi connectivity index (χ3n) is 3.21. The number of hydrogen-bond donors (Lipinski definition) is 2. The molecule has 1 atom stereocenters. The summed E-state index contributed by atoms with van der Waals surface area (Å²) >= 11 is 0. The first-order valence-electron chi connectivity index (χ1n) is 6.89. The van der Waals surface area contributed by atoms with Crippen LogP contribution < -0.4 is 5.32 Å². The van der Waals surface area contributed by atoms with E-state index in [-0.39, 0.29) is 5.54 Å². The molecule has 0 spiro atoms. The van der Waals surface area contributed by atoms with Crippen molar-refractivity contribution >= 4 is 0 Å². The normalized spacial score (nSPS) is 24.0. The zero-order valence-corrected chi connectivity index (χ0v) is 12.2.